The van der Waals surface area contributed by atoms with Gasteiger partial charge in [-0.15, -0.1) is 0 Å². The van der Waals surface area contributed by atoms with E-state index >= 15 is 0 Å². The van der Waals surface area contributed by atoms with E-state index in [4.69, 9.17) is 32.4 Å². The average molecular weight is 664 g/mol. The van der Waals surface area contributed by atoms with Crippen LogP contribution in [0.5, 0.6) is 5.75 Å². The molecular weight excluding hydrogens is 647 g/mol. The SMILES string of the molecule is O=c1c2ccccc2nc(-c2cc3cc(Br)ccc3o2)n1N=Cc1cc(Cl)cc([N+](=O)[O-])c1OCc1ccc(Cl)cc1. The van der Waals surface area contributed by atoms with Crippen molar-refractivity contribution in [3.8, 4) is 17.3 Å². The summed E-state index contributed by atoms with van der Waals surface area (Å²) in [6, 6.07) is 23.7. The van der Waals surface area contributed by atoms with E-state index in [9.17, 15) is 14.9 Å². The Morgan fingerprint density at radius 1 is 1.02 bits per heavy atom. The van der Waals surface area contributed by atoms with E-state index < -0.39 is 10.5 Å². The van der Waals surface area contributed by atoms with Gasteiger partial charge in [-0.25, -0.2) is 4.98 Å². The van der Waals surface area contributed by atoms with Crippen molar-refractivity contribution in [3.63, 3.8) is 0 Å². The van der Waals surface area contributed by atoms with Crippen LogP contribution in [-0.2, 0) is 6.61 Å². The number of furan rings is 1. The summed E-state index contributed by atoms with van der Waals surface area (Å²) in [5.74, 6) is 0.377. The van der Waals surface area contributed by atoms with Gasteiger partial charge in [0, 0.05) is 31.5 Å². The molecule has 0 bridgehead atoms. The first-order valence-corrected chi connectivity index (χ1v) is 13.9. The van der Waals surface area contributed by atoms with Crippen molar-refractivity contribution >= 4 is 72.9 Å². The first-order chi connectivity index (χ1) is 20.3. The predicted octanol–water partition coefficient (Wildman–Crippen LogP) is 8.25. The smallest absolute Gasteiger partial charge is 0.313 e. The highest BCUT2D eigenvalue weighted by atomic mass is 79.9. The van der Waals surface area contributed by atoms with Gasteiger partial charge in [0.1, 0.15) is 12.2 Å². The molecule has 208 valence electrons. The van der Waals surface area contributed by atoms with Crippen LogP contribution >= 0.6 is 39.1 Å². The summed E-state index contributed by atoms with van der Waals surface area (Å²) in [6.45, 7) is 0.0117. The quantitative estimate of drug-likeness (QED) is 0.0966. The fourth-order valence-electron chi connectivity index (χ4n) is 4.36. The molecule has 0 aliphatic heterocycles. The first kappa shape index (κ1) is 27.6. The lowest BCUT2D eigenvalue weighted by atomic mass is 10.2. The maximum atomic E-state index is 13.7. The molecule has 0 radical (unpaired) electrons. The van der Waals surface area contributed by atoms with Gasteiger partial charge in [-0.2, -0.15) is 9.78 Å². The number of benzene rings is 4. The van der Waals surface area contributed by atoms with Crippen LogP contribution in [0.3, 0.4) is 0 Å². The van der Waals surface area contributed by atoms with Crippen LogP contribution in [0.2, 0.25) is 10.0 Å². The molecule has 9 nitrogen and oxygen atoms in total. The van der Waals surface area contributed by atoms with Crippen molar-refractivity contribution in [2.24, 2.45) is 5.10 Å². The second-order valence-electron chi connectivity index (χ2n) is 9.12. The van der Waals surface area contributed by atoms with E-state index in [1.165, 1.54) is 18.3 Å². The molecule has 0 N–H and O–H groups in total. The van der Waals surface area contributed by atoms with Gasteiger partial charge in [0.05, 0.1) is 22.0 Å². The third-order valence-corrected chi connectivity index (χ3v) is 7.28. The number of fused-ring (bicyclic) bond motifs is 2. The number of nitro groups is 1. The monoisotopic (exact) mass is 662 g/mol. The number of aromatic nitrogens is 2. The van der Waals surface area contributed by atoms with Crippen LogP contribution in [0.1, 0.15) is 11.1 Å². The first-order valence-electron chi connectivity index (χ1n) is 12.4. The third-order valence-electron chi connectivity index (χ3n) is 6.32. The normalized spacial score (nSPS) is 11.5. The molecule has 0 saturated carbocycles. The molecule has 0 aliphatic rings. The summed E-state index contributed by atoms with van der Waals surface area (Å²) in [5.41, 5.74) is 1.15. The molecule has 6 aromatic rings. The zero-order valence-electron chi connectivity index (χ0n) is 21.3. The summed E-state index contributed by atoms with van der Waals surface area (Å²) in [7, 11) is 0. The topological polar surface area (TPSA) is 113 Å². The molecule has 0 aliphatic carbocycles. The van der Waals surface area contributed by atoms with E-state index in [0.29, 0.717) is 27.3 Å². The highest BCUT2D eigenvalue weighted by molar-refractivity contribution is 9.10. The Balaban J connectivity index is 1.49. The molecule has 0 fully saturated rings. The Bertz CT molecular complexity index is 2090. The number of rotatable bonds is 7. The lowest BCUT2D eigenvalue weighted by Gasteiger charge is -2.11. The van der Waals surface area contributed by atoms with Crippen LogP contribution in [-0.4, -0.2) is 20.8 Å². The molecule has 0 saturated heterocycles. The van der Waals surface area contributed by atoms with Gasteiger partial charge < -0.3 is 9.15 Å². The molecule has 2 aromatic heterocycles. The number of hydrogen-bond donors (Lipinski definition) is 0. The highest BCUT2D eigenvalue weighted by Crippen LogP contribution is 2.35. The van der Waals surface area contributed by atoms with Gasteiger partial charge in [0.15, 0.2) is 5.76 Å². The molecule has 0 atom stereocenters. The van der Waals surface area contributed by atoms with Crippen LogP contribution in [0, 0.1) is 10.1 Å². The zero-order chi connectivity index (χ0) is 29.4. The summed E-state index contributed by atoms with van der Waals surface area (Å²) in [5, 5.41) is 18.1. The van der Waals surface area contributed by atoms with Crippen LogP contribution in [0.15, 0.2) is 104 Å². The number of halogens is 3. The summed E-state index contributed by atoms with van der Waals surface area (Å²) < 4.78 is 13.9. The van der Waals surface area contributed by atoms with Gasteiger partial charge in [-0.1, -0.05) is 63.4 Å². The lowest BCUT2D eigenvalue weighted by Crippen LogP contribution is -2.20. The van der Waals surface area contributed by atoms with Crippen molar-refractivity contribution in [2.75, 3.05) is 0 Å². The Hall–Kier alpha value is -4.51. The minimum atomic E-state index is -0.595. The molecule has 0 amide bonds. The van der Waals surface area contributed by atoms with Crippen LogP contribution < -0.4 is 10.3 Å². The fourth-order valence-corrected chi connectivity index (χ4v) is 5.09. The van der Waals surface area contributed by atoms with E-state index in [1.807, 2.05) is 12.1 Å². The lowest BCUT2D eigenvalue weighted by molar-refractivity contribution is -0.385. The molecule has 42 heavy (non-hydrogen) atoms. The Morgan fingerprint density at radius 2 is 1.81 bits per heavy atom. The van der Waals surface area contributed by atoms with Crippen molar-refractivity contribution < 1.29 is 14.1 Å². The second-order valence-corrected chi connectivity index (χ2v) is 10.9. The number of ether oxygens (including phenoxy) is 1. The Morgan fingerprint density at radius 3 is 2.60 bits per heavy atom. The number of nitrogens with zero attached hydrogens (tertiary/aromatic N) is 4. The van der Waals surface area contributed by atoms with E-state index in [2.05, 4.69) is 26.0 Å². The van der Waals surface area contributed by atoms with Crippen LogP contribution in [0.25, 0.3) is 33.5 Å². The summed E-state index contributed by atoms with van der Waals surface area (Å²) in [6.07, 6.45) is 1.27. The minimum Gasteiger partial charge on any atom is -0.481 e. The van der Waals surface area contributed by atoms with E-state index in [-0.39, 0.29) is 34.5 Å². The van der Waals surface area contributed by atoms with Gasteiger partial charge in [0.2, 0.25) is 11.6 Å². The standard InChI is InChI=1S/C30H17BrCl2N4O5/c31-20-7-10-26-18(11-20)13-27(42-26)29-35-24-4-2-1-3-23(24)30(38)36(29)34-15-19-12-22(33)14-25(37(39)40)28(19)41-16-17-5-8-21(32)9-6-17/h1-15H,16H2. The van der Waals surface area contributed by atoms with E-state index in [1.54, 1.807) is 60.7 Å². The fraction of sp³-hybridized carbons (Fsp3) is 0.0333. The van der Waals surface area contributed by atoms with Crippen molar-refractivity contribution in [2.45, 2.75) is 6.61 Å². The van der Waals surface area contributed by atoms with Gasteiger partial charge >= 0.3 is 5.69 Å². The maximum absolute atomic E-state index is 13.7. The third kappa shape index (κ3) is 5.52. The molecule has 2 heterocycles. The Kier molecular flexibility index (Phi) is 7.51. The molecule has 0 spiro atoms. The van der Waals surface area contributed by atoms with Gasteiger partial charge in [-0.05, 0) is 60.2 Å². The number of para-hydroxylation sites is 1. The van der Waals surface area contributed by atoms with Gasteiger partial charge in [0.25, 0.3) is 5.56 Å². The predicted molar refractivity (Wildman–Crippen MR) is 166 cm³/mol. The zero-order valence-corrected chi connectivity index (χ0v) is 24.4. The Labute approximate surface area is 255 Å². The molecule has 4 aromatic carbocycles. The molecule has 12 heteroatoms. The second kappa shape index (κ2) is 11.4. The number of hydrogen-bond acceptors (Lipinski definition) is 7. The molecule has 0 unspecified atom stereocenters. The molecular formula is C30H17BrCl2N4O5. The van der Waals surface area contributed by atoms with Gasteiger partial charge in [-0.3, -0.25) is 14.9 Å². The van der Waals surface area contributed by atoms with E-state index in [0.717, 1.165) is 20.1 Å². The summed E-state index contributed by atoms with van der Waals surface area (Å²) >= 11 is 15.7. The van der Waals surface area contributed by atoms with Crippen LogP contribution in [0.4, 0.5) is 5.69 Å². The van der Waals surface area contributed by atoms with Crippen molar-refractivity contribution in [1.29, 1.82) is 0 Å². The highest BCUT2D eigenvalue weighted by Gasteiger charge is 2.22. The number of nitro benzene ring substituents is 1. The average Bonchev–Trinajstić information content (AvgIpc) is 3.39. The largest absolute Gasteiger partial charge is 0.481 e. The molecule has 6 rings (SSSR count). The summed E-state index contributed by atoms with van der Waals surface area (Å²) in [4.78, 5) is 29.7. The van der Waals surface area contributed by atoms with Crippen molar-refractivity contribution in [3.05, 3.63) is 131 Å². The maximum Gasteiger partial charge on any atom is 0.313 e. The minimum absolute atomic E-state index is 0.0117. The van der Waals surface area contributed by atoms with Crippen molar-refractivity contribution in [1.82, 2.24) is 9.66 Å².